The first-order valence-corrected chi connectivity index (χ1v) is 9.78. The fraction of sp³-hybridized carbons (Fsp3) is 0.765. The summed E-state index contributed by atoms with van der Waals surface area (Å²) in [4.78, 5) is 15.0. The monoisotopic (exact) mass is 414 g/mol. The highest BCUT2D eigenvalue weighted by molar-refractivity contribution is 9.10. The molecule has 3 rings (SSSR count). The van der Waals surface area contributed by atoms with Crippen LogP contribution in [0.5, 0.6) is 0 Å². The van der Waals surface area contributed by atoms with E-state index in [1.165, 1.54) is 0 Å². The normalized spacial score (nSPS) is 23.1. The molecule has 2 unspecified atom stereocenters. The fourth-order valence-electron chi connectivity index (χ4n) is 3.52. The van der Waals surface area contributed by atoms with Gasteiger partial charge in [-0.05, 0) is 28.3 Å². The average molecular weight is 415 g/mol. The summed E-state index contributed by atoms with van der Waals surface area (Å²) >= 11 is 3.50. The van der Waals surface area contributed by atoms with Crippen LogP contribution in [0.1, 0.15) is 42.4 Å². The van der Waals surface area contributed by atoms with E-state index in [-0.39, 0.29) is 17.9 Å². The summed E-state index contributed by atoms with van der Waals surface area (Å²) in [6.45, 7) is 9.61. The van der Waals surface area contributed by atoms with E-state index in [2.05, 4.69) is 50.2 Å². The maximum Gasteiger partial charge on any atom is 0.273 e. The van der Waals surface area contributed by atoms with E-state index in [4.69, 9.17) is 9.47 Å². The predicted octanol–water partition coefficient (Wildman–Crippen LogP) is 1.76. The fourth-order valence-corrected chi connectivity index (χ4v) is 4.33. The van der Waals surface area contributed by atoms with Gasteiger partial charge in [-0.3, -0.25) is 14.8 Å². The molecule has 0 aromatic carbocycles. The van der Waals surface area contributed by atoms with Crippen LogP contribution >= 0.6 is 15.9 Å². The number of amides is 1. The highest BCUT2D eigenvalue weighted by Crippen LogP contribution is 2.26. The van der Waals surface area contributed by atoms with E-state index in [9.17, 15) is 4.79 Å². The Bertz CT molecular complexity index is 580. The van der Waals surface area contributed by atoms with Crippen molar-refractivity contribution in [3.8, 4) is 0 Å². The Morgan fingerprint density at radius 1 is 1.36 bits per heavy atom. The number of hydrogen-bond acceptors (Lipinski definition) is 5. The third-order valence-electron chi connectivity index (χ3n) is 5.02. The van der Waals surface area contributed by atoms with Crippen LogP contribution in [0.15, 0.2) is 4.47 Å². The van der Waals surface area contributed by atoms with E-state index >= 15 is 0 Å². The van der Waals surface area contributed by atoms with Crippen LogP contribution in [0.2, 0.25) is 0 Å². The molecule has 2 aliphatic rings. The first kappa shape index (κ1) is 18.8. The van der Waals surface area contributed by atoms with Crippen LogP contribution in [0, 0.1) is 5.92 Å². The number of halogens is 1. The Kier molecular flexibility index (Phi) is 6.49. The van der Waals surface area contributed by atoms with E-state index in [0.29, 0.717) is 18.2 Å². The second-order valence-electron chi connectivity index (χ2n) is 7.00. The molecule has 1 aromatic heterocycles. The number of aromatic amines is 1. The number of nitrogens with zero attached hydrogens (tertiary/aromatic N) is 2. The molecule has 2 atom stereocenters. The molecule has 0 bridgehead atoms. The zero-order valence-electron chi connectivity index (χ0n) is 14.9. The first-order chi connectivity index (χ1) is 12.1. The Morgan fingerprint density at radius 3 is 2.72 bits per heavy atom. The summed E-state index contributed by atoms with van der Waals surface area (Å²) in [6, 6.07) is 0.276. The van der Waals surface area contributed by atoms with E-state index in [1.807, 2.05) is 0 Å². The van der Waals surface area contributed by atoms with Crippen molar-refractivity contribution in [3.63, 3.8) is 0 Å². The molecule has 0 radical (unpaired) electrons. The van der Waals surface area contributed by atoms with Crippen molar-refractivity contribution in [3.05, 3.63) is 15.9 Å². The molecule has 140 valence electrons. The second kappa shape index (κ2) is 8.62. The van der Waals surface area contributed by atoms with Crippen molar-refractivity contribution in [2.45, 2.75) is 32.2 Å². The van der Waals surface area contributed by atoms with Gasteiger partial charge in [-0.1, -0.05) is 13.8 Å². The SMILES string of the molecule is CC(C)c1[nH]nc(C(=O)NCC(C2CCOC2)N2CCOCC2)c1Br. The number of rotatable bonds is 6. The maximum atomic E-state index is 12.6. The quantitative estimate of drug-likeness (QED) is 0.741. The van der Waals surface area contributed by atoms with Crippen molar-refractivity contribution in [2.24, 2.45) is 5.92 Å². The number of carbonyl (C=O) groups excluding carboxylic acids is 1. The summed E-state index contributed by atoms with van der Waals surface area (Å²) < 4.78 is 11.8. The summed E-state index contributed by atoms with van der Waals surface area (Å²) in [5.41, 5.74) is 1.37. The lowest BCUT2D eigenvalue weighted by Gasteiger charge is -2.37. The lowest BCUT2D eigenvalue weighted by molar-refractivity contribution is 0.00165. The van der Waals surface area contributed by atoms with Gasteiger partial charge in [0, 0.05) is 38.2 Å². The number of aromatic nitrogens is 2. The largest absolute Gasteiger partial charge is 0.381 e. The number of ether oxygens (including phenoxy) is 2. The number of morpholine rings is 1. The summed E-state index contributed by atoms with van der Waals surface area (Å²) in [5, 5.41) is 10.2. The molecule has 3 heterocycles. The van der Waals surface area contributed by atoms with Crippen molar-refractivity contribution in [1.82, 2.24) is 20.4 Å². The summed E-state index contributed by atoms with van der Waals surface area (Å²) in [7, 11) is 0. The van der Waals surface area contributed by atoms with Crippen LogP contribution in [0.4, 0.5) is 0 Å². The van der Waals surface area contributed by atoms with Crippen molar-refractivity contribution in [2.75, 3.05) is 46.1 Å². The molecule has 2 fully saturated rings. The number of carbonyl (C=O) groups is 1. The topological polar surface area (TPSA) is 79.5 Å². The van der Waals surface area contributed by atoms with Gasteiger partial charge in [-0.15, -0.1) is 0 Å². The van der Waals surface area contributed by atoms with Crippen LogP contribution in [0.25, 0.3) is 0 Å². The number of H-pyrrole nitrogens is 1. The van der Waals surface area contributed by atoms with Gasteiger partial charge in [-0.2, -0.15) is 5.10 Å². The van der Waals surface area contributed by atoms with Gasteiger partial charge in [-0.25, -0.2) is 0 Å². The molecule has 1 aromatic rings. The molecule has 0 aliphatic carbocycles. The van der Waals surface area contributed by atoms with Crippen molar-refractivity contribution < 1.29 is 14.3 Å². The van der Waals surface area contributed by atoms with Gasteiger partial charge in [0.1, 0.15) is 0 Å². The third-order valence-corrected chi connectivity index (χ3v) is 5.82. The molecular formula is C17H27BrN4O3. The lowest BCUT2D eigenvalue weighted by atomic mass is 9.97. The van der Waals surface area contributed by atoms with Crippen LogP contribution in [0.3, 0.4) is 0 Å². The minimum atomic E-state index is -0.146. The molecule has 2 aliphatic heterocycles. The molecule has 2 saturated heterocycles. The van der Waals surface area contributed by atoms with Crippen molar-refractivity contribution in [1.29, 1.82) is 0 Å². The van der Waals surface area contributed by atoms with Crippen LogP contribution in [-0.2, 0) is 9.47 Å². The Labute approximate surface area is 156 Å². The molecule has 8 heteroatoms. The molecular weight excluding hydrogens is 388 g/mol. The molecule has 7 nitrogen and oxygen atoms in total. The first-order valence-electron chi connectivity index (χ1n) is 8.99. The van der Waals surface area contributed by atoms with Gasteiger partial charge in [0.15, 0.2) is 5.69 Å². The standard InChI is InChI=1S/C17H27BrN4O3/c1-11(2)15-14(18)16(21-20-15)17(23)19-9-13(12-3-6-25-10-12)22-4-7-24-8-5-22/h11-13H,3-10H2,1-2H3,(H,19,23)(H,20,21). The van der Waals surface area contributed by atoms with Gasteiger partial charge in [0.25, 0.3) is 5.91 Å². The Balaban J connectivity index is 1.64. The highest BCUT2D eigenvalue weighted by atomic mass is 79.9. The second-order valence-corrected chi connectivity index (χ2v) is 7.80. The lowest BCUT2D eigenvalue weighted by Crippen LogP contribution is -2.52. The summed E-state index contributed by atoms with van der Waals surface area (Å²) in [6.07, 6.45) is 1.04. The number of hydrogen-bond donors (Lipinski definition) is 2. The highest BCUT2D eigenvalue weighted by Gasteiger charge is 2.32. The minimum absolute atomic E-state index is 0.146. The summed E-state index contributed by atoms with van der Waals surface area (Å²) in [5.74, 6) is 0.583. The zero-order chi connectivity index (χ0) is 17.8. The molecule has 25 heavy (non-hydrogen) atoms. The molecule has 0 saturated carbocycles. The van der Waals surface area contributed by atoms with Gasteiger partial charge in [0.2, 0.25) is 0 Å². The smallest absolute Gasteiger partial charge is 0.273 e. The molecule has 0 spiro atoms. The Morgan fingerprint density at radius 2 is 2.12 bits per heavy atom. The predicted molar refractivity (Wildman–Crippen MR) is 97.8 cm³/mol. The third kappa shape index (κ3) is 4.42. The van der Waals surface area contributed by atoms with Crippen molar-refractivity contribution >= 4 is 21.8 Å². The van der Waals surface area contributed by atoms with Gasteiger partial charge in [0.05, 0.1) is 30.0 Å². The zero-order valence-corrected chi connectivity index (χ0v) is 16.5. The number of nitrogens with one attached hydrogen (secondary N) is 2. The average Bonchev–Trinajstić information content (AvgIpc) is 3.25. The maximum absolute atomic E-state index is 12.6. The van der Waals surface area contributed by atoms with Crippen LogP contribution in [-0.4, -0.2) is 73.1 Å². The molecule has 2 N–H and O–H groups in total. The minimum Gasteiger partial charge on any atom is -0.381 e. The van der Waals surface area contributed by atoms with Gasteiger partial charge < -0.3 is 14.8 Å². The van der Waals surface area contributed by atoms with E-state index < -0.39 is 0 Å². The van der Waals surface area contributed by atoms with E-state index in [1.54, 1.807) is 0 Å². The van der Waals surface area contributed by atoms with E-state index in [0.717, 1.165) is 56.1 Å². The van der Waals surface area contributed by atoms with Crippen LogP contribution < -0.4 is 5.32 Å². The Hall–Kier alpha value is -0.960. The van der Waals surface area contributed by atoms with Gasteiger partial charge >= 0.3 is 0 Å². The molecule has 1 amide bonds.